The van der Waals surface area contributed by atoms with Crippen LogP contribution in [0, 0.1) is 0 Å². The molecule has 0 aromatic rings. The summed E-state index contributed by atoms with van der Waals surface area (Å²) in [5.74, 6) is 0. The van der Waals surface area contributed by atoms with Gasteiger partial charge in [-0.25, -0.2) is 22.0 Å². The summed E-state index contributed by atoms with van der Waals surface area (Å²) in [6, 6.07) is 0. The third kappa shape index (κ3) is 2.28. The van der Waals surface area contributed by atoms with Gasteiger partial charge in [0.15, 0.2) is 0 Å². The van der Waals surface area contributed by atoms with E-state index in [1.54, 1.807) is 0 Å². The van der Waals surface area contributed by atoms with Crippen molar-refractivity contribution in [3.05, 3.63) is 0 Å². The highest BCUT2D eigenvalue weighted by Crippen LogP contribution is 2.29. The molecule has 0 aromatic carbocycles. The largest absolute Gasteiger partial charge is 0.273 e. The minimum atomic E-state index is -3.60. The Morgan fingerprint density at radius 2 is 1.70 bits per heavy atom. The Hall–Kier alpha value is -0.0600. The van der Waals surface area contributed by atoms with Gasteiger partial charge >= 0.3 is 0 Å². The van der Waals surface area contributed by atoms with Gasteiger partial charge < -0.3 is 0 Å². The SMILES string of the molecule is FCC(F)(Cl)C(F)C(F)F. The van der Waals surface area contributed by atoms with Crippen LogP contribution in [0.3, 0.4) is 0 Å². The van der Waals surface area contributed by atoms with Gasteiger partial charge in [0.25, 0.3) is 6.43 Å². The Bertz CT molecular complexity index is 104. The summed E-state index contributed by atoms with van der Waals surface area (Å²) in [7, 11) is 0. The van der Waals surface area contributed by atoms with Crippen LogP contribution in [0.4, 0.5) is 22.0 Å². The van der Waals surface area contributed by atoms with Gasteiger partial charge in [0.1, 0.15) is 6.67 Å². The fourth-order valence-corrected chi connectivity index (χ4v) is 0.353. The molecule has 0 rings (SSSR count). The summed E-state index contributed by atoms with van der Waals surface area (Å²) in [5, 5.41) is -3.59. The van der Waals surface area contributed by atoms with Crippen LogP contribution in [0.15, 0.2) is 0 Å². The molecule has 0 aliphatic carbocycles. The zero-order valence-corrected chi connectivity index (χ0v) is 5.39. The molecule has 0 fully saturated rings. The standard InChI is InChI=1S/C4H4ClF5/c5-4(10,1-6)2(7)3(8)9/h2-3H,1H2. The van der Waals surface area contributed by atoms with Crippen LogP contribution in [-0.4, -0.2) is 24.4 Å². The molecule has 0 nitrogen and oxygen atoms in total. The Labute approximate surface area is 59.0 Å². The van der Waals surface area contributed by atoms with Gasteiger partial charge in [0.05, 0.1) is 0 Å². The van der Waals surface area contributed by atoms with Crippen molar-refractivity contribution >= 4 is 11.6 Å². The van der Waals surface area contributed by atoms with E-state index in [0.717, 1.165) is 0 Å². The predicted molar refractivity (Wildman–Crippen MR) is 26.6 cm³/mol. The normalized spacial score (nSPS) is 20.7. The maximum absolute atomic E-state index is 12.0. The lowest BCUT2D eigenvalue weighted by Gasteiger charge is -2.17. The van der Waals surface area contributed by atoms with Crippen molar-refractivity contribution < 1.29 is 22.0 Å². The lowest BCUT2D eigenvalue weighted by molar-refractivity contribution is -0.0217. The van der Waals surface area contributed by atoms with Crippen molar-refractivity contribution in [1.82, 2.24) is 0 Å². The molecule has 0 aliphatic rings. The second-order valence-electron chi connectivity index (χ2n) is 1.63. The number of alkyl halides is 6. The highest BCUT2D eigenvalue weighted by atomic mass is 35.5. The summed E-state index contributed by atoms with van der Waals surface area (Å²) in [5.41, 5.74) is 0. The van der Waals surface area contributed by atoms with Gasteiger partial charge in [0, 0.05) is 0 Å². The summed E-state index contributed by atoms with van der Waals surface area (Å²) < 4.78 is 57.6. The highest BCUT2D eigenvalue weighted by Gasteiger charge is 2.44. The molecule has 0 spiro atoms. The lowest BCUT2D eigenvalue weighted by atomic mass is 10.2. The second kappa shape index (κ2) is 3.37. The van der Waals surface area contributed by atoms with Crippen molar-refractivity contribution in [2.45, 2.75) is 17.7 Å². The van der Waals surface area contributed by atoms with E-state index >= 15 is 0 Å². The van der Waals surface area contributed by atoms with E-state index < -0.39 is 24.4 Å². The molecule has 0 aromatic heterocycles. The van der Waals surface area contributed by atoms with Crippen LogP contribution in [-0.2, 0) is 0 Å². The summed E-state index contributed by atoms with van der Waals surface area (Å²) in [6.45, 7) is -1.97. The van der Waals surface area contributed by atoms with E-state index in [2.05, 4.69) is 11.6 Å². The monoisotopic (exact) mass is 182 g/mol. The minimum Gasteiger partial charge on any atom is -0.246 e. The third-order valence-electron chi connectivity index (χ3n) is 0.803. The smallest absolute Gasteiger partial charge is 0.246 e. The van der Waals surface area contributed by atoms with Crippen molar-refractivity contribution in [3.63, 3.8) is 0 Å². The molecular formula is C4H4ClF5. The molecule has 0 saturated heterocycles. The molecule has 2 unspecified atom stereocenters. The van der Waals surface area contributed by atoms with Gasteiger partial charge in [-0.1, -0.05) is 11.6 Å². The average molecular weight is 183 g/mol. The van der Waals surface area contributed by atoms with Crippen molar-refractivity contribution in [2.24, 2.45) is 0 Å². The molecule has 0 radical (unpaired) electrons. The van der Waals surface area contributed by atoms with Gasteiger partial charge in [-0.3, -0.25) is 0 Å². The maximum atomic E-state index is 12.0. The Morgan fingerprint density at radius 1 is 1.30 bits per heavy atom. The molecule has 0 heterocycles. The first-order valence-electron chi connectivity index (χ1n) is 2.28. The topological polar surface area (TPSA) is 0 Å². The number of hydrogen-bond donors (Lipinski definition) is 0. The fourth-order valence-electron chi connectivity index (χ4n) is 0.258. The molecule has 0 aliphatic heterocycles. The van der Waals surface area contributed by atoms with Crippen LogP contribution in [0.25, 0.3) is 0 Å². The Balaban J connectivity index is 4.03. The first-order valence-corrected chi connectivity index (χ1v) is 2.65. The molecular weight excluding hydrogens is 178 g/mol. The van der Waals surface area contributed by atoms with E-state index in [9.17, 15) is 22.0 Å². The third-order valence-corrected chi connectivity index (χ3v) is 1.11. The van der Waals surface area contributed by atoms with Crippen LogP contribution in [0.2, 0.25) is 0 Å². The molecule has 6 heteroatoms. The van der Waals surface area contributed by atoms with Crippen molar-refractivity contribution in [3.8, 4) is 0 Å². The van der Waals surface area contributed by atoms with Crippen LogP contribution in [0.1, 0.15) is 0 Å². The zero-order chi connectivity index (χ0) is 8.36. The highest BCUT2D eigenvalue weighted by molar-refractivity contribution is 6.23. The van der Waals surface area contributed by atoms with Crippen molar-refractivity contribution in [2.75, 3.05) is 6.67 Å². The molecule has 10 heavy (non-hydrogen) atoms. The minimum absolute atomic E-state index is 1.97. The lowest BCUT2D eigenvalue weighted by Crippen LogP contribution is -2.36. The van der Waals surface area contributed by atoms with Gasteiger partial charge in [-0.05, 0) is 0 Å². The average Bonchev–Trinajstić information content (AvgIpc) is 1.86. The molecule has 0 bridgehead atoms. The van der Waals surface area contributed by atoms with E-state index in [-0.39, 0.29) is 0 Å². The van der Waals surface area contributed by atoms with E-state index in [1.165, 1.54) is 0 Å². The quantitative estimate of drug-likeness (QED) is 0.465. The maximum Gasteiger partial charge on any atom is 0.273 e. The van der Waals surface area contributed by atoms with Gasteiger partial charge in [0.2, 0.25) is 11.3 Å². The first-order chi connectivity index (χ1) is 4.41. The fraction of sp³-hybridized carbons (Fsp3) is 1.00. The second-order valence-corrected chi connectivity index (χ2v) is 2.26. The Kier molecular flexibility index (Phi) is 3.35. The van der Waals surface area contributed by atoms with E-state index in [1.807, 2.05) is 0 Å². The summed E-state index contributed by atoms with van der Waals surface area (Å²) >= 11 is 4.37. The Morgan fingerprint density at radius 3 is 1.80 bits per heavy atom. The van der Waals surface area contributed by atoms with Crippen LogP contribution >= 0.6 is 11.6 Å². The number of rotatable bonds is 3. The molecule has 2 atom stereocenters. The van der Waals surface area contributed by atoms with Gasteiger partial charge in [-0.15, -0.1) is 0 Å². The molecule has 0 amide bonds. The molecule has 0 saturated carbocycles. The first kappa shape index (κ1) is 9.94. The van der Waals surface area contributed by atoms with Crippen LogP contribution < -0.4 is 0 Å². The molecule has 0 N–H and O–H groups in total. The van der Waals surface area contributed by atoms with Crippen molar-refractivity contribution in [1.29, 1.82) is 0 Å². The van der Waals surface area contributed by atoms with E-state index in [4.69, 9.17) is 0 Å². The molecule has 62 valence electrons. The number of halogens is 6. The summed E-state index contributed by atoms with van der Waals surface area (Å²) in [6.07, 6.45) is -6.88. The van der Waals surface area contributed by atoms with E-state index in [0.29, 0.717) is 0 Å². The number of hydrogen-bond acceptors (Lipinski definition) is 0. The predicted octanol–water partition coefficient (Wildman–Crippen LogP) is 2.46. The van der Waals surface area contributed by atoms with Gasteiger partial charge in [-0.2, -0.15) is 0 Å². The van der Waals surface area contributed by atoms with Crippen LogP contribution in [0.5, 0.6) is 0 Å². The summed E-state index contributed by atoms with van der Waals surface area (Å²) in [4.78, 5) is 0. The zero-order valence-electron chi connectivity index (χ0n) is 4.63.